The molecule has 0 saturated heterocycles. The molecular formula is C13H13N3S. The second-order valence-corrected chi connectivity index (χ2v) is 4.83. The number of rotatable bonds is 5. The number of hydrogen-bond donors (Lipinski definition) is 0. The lowest BCUT2D eigenvalue weighted by molar-refractivity contribution is 0.932. The van der Waals surface area contributed by atoms with E-state index in [1.54, 1.807) is 11.8 Å². The minimum absolute atomic E-state index is 0.580. The van der Waals surface area contributed by atoms with Gasteiger partial charge in [-0.1, -0.05) is 35.4 Å². The highest BCUT2D eigenvalue weighted by atomic mass is 32.2. The number of nitrogens with zero attached hydrogens (tertiary/aromatic N) is 3. The van der Waals surface area contributed by atoms with Gasteiger partial charge in [0.1, 0.15) is 0 Å². The lowest BCUT2D eigenvalue weighted by Gasteiger charge is -2.02. The van der Waals surface area contributed by atoms with Crippen molar-refractivity contribution >= 4 is 22.5 Å². The zero-order chi connectivity index (χ0) is 11.9. The van der Waals surface area contributed by atoms with Crippen LogP contribution < -0.4 is 0 Å². The lowest BCUT2D eigenvalue weighted by atomic mass is 10.1. The molecule has 0 aliphatic rings. The van der Waals surface area contributed by atoms with Gasteiger partial charge in [-0.25, -0.2) is 0 Å². The van der Waals surface area contributed by atoms with E-state index in [1.165, 1.54) is 15.7 Å². The Bertz CT molecular complexity index is 547. The van der Waals surface area contributed by atoms with Crippen LogP contribution in [0.3, 0.4) is 0 Å². The van der Waals surface area contributed by atoms with Crippen LogP contribution in [0.4, 0.5) is 0 Å². The SMILES string of the molecule is [N-]=[N+]=NCCCSc1ccc2ccccc2c1. The van der Waals surface area contributed by atoms with Crippen molar-refractivity contribution in [3.8, 4) is 0 Å². The summed E-state index contributed by atoms with van der Waals surface area (Å²) in [5, 5.41) is 6.06. The second kappa shape index (κ2) is 6.18. The summed E-state index contributed by atoms with van der Waals surface area (Å²) in [5.74, 6) is 0.983. The van der Waals surface area contributed by atoms with E-state index < -0.39 is 0 Å². The van der Waals surface area contributed by atoms with Gasteiger partial charge in [-0.3, -0.25) is 0 Å². The van der Waals surface area contributed by atoms with Crippen LogP contribution in [0.15, 0.2) is 52.5 Å². The molecular weight excluding hydrogens is 230 g/mol. The Balaban J connectivity index is 1.97. The second-order valence-electron chi connectivity index (χ2n) is 3.67. The van der Waals surface area contributed by atoms with Gasteiger partial charge in [-0.2, -0.15) is 0 Å². The Hall–Kier alpha value is -1.64. The molecule has 0 aliphatic heterocycles. The molecule has 0 amide bonds. The molecule has 0 unspecified atom stereocenters. The van der Waals surface area contributed by atoms with E-state index in [0.717, 1.165) is 12.2 Å². The van der Waals surface area contributed by atoms with Crippen LogP contribution in [0.5, 0.6) is 0 Å². The van der Waals surface area contributed by atoms with Crippen LogP contribution >= 0.6 is 11.8 Å². The average molecular weight is 243 g/mol. The molecule has 86 valence electrons. The van der Waals surface area contributed by atoms with Crippen molar-refractivity contribution < 1.29 is 0 Å². The molecule has 0 radical (unpaired) electrons. The van der Waals surface area contributed by atoms with Crippen molar-refractivity contribution in [3.63, 3.8) is 0 Å². The molecule has 0 fully saturated rings. The fourth-order valence-electron chi connectivity index (χ4n) is 1.63. The first kappa shape index (κ1) is 11.8. The highest BCUT2D eigenvalue weighted by Gasteiger charge is 1.96. The Morgan fingerprint density at radius 2 is 1.94 bits per heavy atom. The molecule has 0 atom stereocenters. The van der Waals surface area contributed by atoms with Crippen LogP contribution in [-0.4, -0.2) is 12.3 Å². The summed E-state index contributed by atoms with van der Waals surface area (Å²) in [6.45, 7) is 0.580. The van der Waals surface area contributed by atoms with Gasteiger partial charge in [-0.15, -0.1) is 11.8 Å². The van der Waals surface area contributed by atoms with Crippen LogP contribution in [0.2, 0.25) is 0 Å². The molecule has 17 heavy (non-hydrogen) atoms. The van der Waals surface area contributed by atoms with Crippen LogP contribution in [0.1, 0.15) is 6.42 Å². The standard InChI is InChI=1S/C13H13N3S/c14-16-15-8-3-9-17-13-7-6-11-4-1-2-5-12(11)10-13/h1-2,4-7,10H,3,8-9H2. The van der Waals surface area contributed by atoms with Gasteiger partial charge in [0.25, 0.3) is 0 Å². The van der Waals surface area contributed by atoms with Gasteiger partial charge in [0.15, 0.2) is 0 Å². The van der Waals surface area contributed by atoms with Crippen LogP contribution in [0.25, 0.3) is 21.2 Å². The van der Waals surface area contributed by atoms with E-state index in [-0.39, 0.29) is 0 Å². The predicted octanol–water partition coefficient (Wildman–Crippen LogP) is 4.63. The summed E-state index contributed by atoms with van der Waals surface area (Å²) in [7, 11) is 0. The number of azide groups is 1. The van der Waals surface area contributed by atoms with Crippen molar-refractivity contribution in [2.24, 2.45) is 5.11 Å². The van der Waals surface area contributed by atoms with Gasteiger partial charge in [-0.05, 0) is 40.6 Å². The summed E-state index contributed by atoms with van der Waals surface area (Å²) in [4.78, 5) is 4.01. The predicted molar refractivity (Wildman–Crippen MR) is 73.3 cm³/mol. The highest BCUT2D eigenvalue weighted by Crippen LogP contribution is 2.23. The summed E-state index contributed by atoms with van der Waals surface area (Å²) < 4.78 is 0. The maximum Gasteiger partial charge on any atom is 0.0265 e. The maximum absolute atomic E-state index is 8.15. The summed E-state index contributed by atoms with van der Waals surface area (Å²) in [6.07, 6.45) is 0.918. The zero-order valence-corrected chi connectivity index (χ0v) is 10.2. The molecule has 0 spiro atoms. The molecule has 0 aliphatic carbocycles. The van der Waals surface area contributed by atoms with Crippen molar-refractivity contribution in [3.05, 3.63) is 52.9 Å². The fourth-order valence-corrected chi connectivity index (χ4v) is 2.51. The molecule has 0 heterocycles. The van der Waals surface area contributed by atoms with E-state index in [9.17, 15) is 0 Å². The van der Waals surface area contributed by atoms with Crippen molar-refractivity contribution in [2.45, 2.75) is 11.3 Å². The van der Waals surface area contributed by atoms with Gasteiger partial charge >= 0.3 is 0 Å². The van der Waals surface area contributed by atoms with Crippen LogP contribution in [0, 0.1) is 0 Å². The molecule has 2 aromatic rings. The first-order valence-electron chi connectivity index (χ1n) is 5.52. The minimum atomic E-state index is 0.580. The zero-order valence-electron chi connectivity index (χ0n) is 9.41. The molecule has 4 heteroatoms. The third kappa shape index (κ3) is 3.41. The number of thioether (sulfide) groups is 1. The van der Waals surface area contributed by atoms with E-state index in [0.29, 0.717) is 6.54 Å². The molecule has 2 rings (SSSR count). The van der Waals surface area contributed by atoms with E-state index in [2.05, 4.69) is 52.5 Å². The van der Waals surface area contributed by atoms with Crippen molar-refractivity contribution in [1.29, 1.82) is 0 Å². The first-order valence-corrected chi connectivity index (χ1v) is 6.51. The average Bonchev–Trinajstić information content (AvgIpc) is 2.38. The minimum Gasteiger partial charge on any atom is -0.126 e. The summed E-state index contributed by atoms with van der Waals surface area (Å²) >= 11 is 1.80. The number of hydrogen-bond acceptors (Lipinski definition) is 2. The quantitative estimate of drug-likeness (QED) is 0.248. The normalized spacial score (nSPS) is 10.1. The monoisotopic (exact) mass is 243 g/mol. The van der Waals surface area contributed by atoms with Gasteiger partial charge in [0.2, 0.25) is 0 Å². The largest absolute Gasteiger partial charge is 0.126 e. The Morgan fingerprint density at radius 3 is 2.76 bits per heavy atom. The molecule has 2 aromatic carbocycles. The Labute approximate surface area is 104 Å². The first-order chi connectivity index (χ1) is 8.40. The molecule has 0 N–H and O–H groups in total. The van der Waals surface area contributed by atoms with Gasteiger partial charge < -0.3 is 0 Å². The number of benzene rings is 2. The van der Waals surface area contributed by atoms with Crippen molar-refractivity contribution in [2.75, 3.05) is 12.3 Å². The third-order valence-corrected chi connectivity index (χ3v) is 3.54. The van der Waals surface area contributed by atoms with Gasteiger partial charge in [0.05, 0.1) is 0 Å². The van der Waals surface area contributed by atoms with Crippen LogP contribution in [-0.2, 0) is 0 Å². The smallest absolute Gasteiger partial charge is 0.0265 e. The fraction of sp³-hybridized carbons (Fsp3) is 0.231. The summed E-state index contributed by atoms with van der Waals surface area (Å²) in [5.41, 5.74) is 8.15. The molecule has 3 nitrogen and oxygen atoms in total. The third-order valence-electron chi connectivity index (χ3n) is 2.46. The molecule has 0 aromatic heterocycles. The summed E-state index contributed by atoms with van der Waals surface area (Å²) in [6, 6.07) is 14.8. The van der Waals surface area contributed by atoms with Crippen molar-refractivity contribution in [1.82, 2.24) is 0 Å². The molecule has 0 saturated carbocycles. The van der Waals surface area contributed by atoms with Gasteiger partial charge in [0, 0.05) is 16.4 Å². The topological polar surface area (TPSA) is 48.8 Å². The Morgan fingerprint density at radius 1 is 1.12 bits per heavy atom. The lowest BCUT2D eigenvalue weighted by Crippen LogP contribution is -1.83. The highest BCUT2D eigenvalue weighted by molar-refractivity contribution is 7.99. The van der Waals surface area contributed by atoms with E-state index in [4.69, 9.17) is 5.53 Å². The molecule has 0 bridgehead atoms. The van der Waals surface area contributed by atoms with E-state index in [1.807, 2.05) is 0 Å². The number of fused-ring (bicyclic) bond motifs is 1. The van der Waals surface area contributed by atoms with E-state index >= 15 is 0 Å². The Kier molecular flexibility index (Phi) is 4.30. The maximum atomic E-state index is 8.15.